The molecule has 0 aliphatic rings. The molecule has 2 rings (SSSR count). The Balaban J connectivity index is 2.26. The number of rotatable bonds is 6. The van der Waals surface area contributed by atoms with Gasteiger partial charge >= 0.3 is 0 Å². The second-order valence-electron chi connectivity index (χ2n) is 4.00. The van der Waals surface area contributed by atoms with E-state index in [1.165, 1.54) is 0 Å². The van der Waals surface area contributed by atoms with E-state index >= 15 is 0 Å². The molecule has 0 saturated carbocycles. The highest BCUT2D eigenvalue weighted by atomic mass is 16.5. The second kappa shape index (κ2) is 6.10. The van der Waals surface area contributed by atoms with Gasteiger partial charge in [0.2, 0.25) is 17.8 Å². The van der Waals surface area contributed by atoms with Crippen LogP contribution in [-0.2, 0) is 4.74 Å². The zero-order chi connectivity index (χ0) is 13.7. The van der Waals surface area contributed by atoms with Crippen molar-refractivity contribution in [3.8, 4) is 5.95 Å². The molecule has 1 unspecified atom stereocenters. The van der Waals surface area contributed by atoms with E-state index in [4.69, 9.17) is 4.74 Å². The minimum Gasteiger partial charge on any atom is -0.383 e. The Morgan fingerprint density at radius 1 is 1.32 bits per heavy atom. The third-order valence-electron chi connectivity index (χ3n) is 2.37. The van der Waals surface area contributed by atoms with E-state index in [9.17, 15) is 0 Å². The predicted molar refractivity (Wildman–Crippen MR) is 71.5 cm³/mol. The molecule has 0 saturated heterocycles. The van der Waals surface area contributed by atoms with Gasteiger partial charge in [0.15, 0.2) is 0 Å². The molecule has 2 heterocycles. The average molecular weight is 263 g/mol. The van der Waals surface area contributed by atoms with Crippen LogP contribution in [0.25, 0.3) is 5.95 Å². The maximum Gasteiger partial charge on any atom is 0.241 e. The zero-order valence-corrected chi connectivity index (χ0v) is 11.2. The van der Waals surface area contributed by atoms with E-state index < -0.39 is 0 Å². The molecule has 2 N–H and O–H groups in total. The van der Waals surface area contributed by atoms with Crippen molar-refractivity contribution in [2.75, 3.05) is 31.4 Å². The maximum atomic E-state index is 5.07. The molecule has 0 fully saturated rings. The molecule has 0 aliphatic carbocycles. The van der Waals surface area contributed by atoms with Crippen LogP contribution in [0.3, 0.4) is 0 Å². The highest BCUT2D eigenvalue weighted by Gasteiger charge is 2.09. The standard InChI is InChI=1S/C11H17N7O/c1-8(6-19-3)14-10-15-9(12-2)16-11(17-10)18-5-4-13-7-18/h4-5,7-8H,6H2,1-3H3,(H2,12,14,15,16,17). The summed E-state index contributed by atoms with van der Waals surface area (Å²) in [5.74, 6) is 1.49. The van der Waals surface area contributed by atoms with Crippen LogP contribution in [0.4, 0.5) is 11.9 Å². The number of aromatic nitrogens is 5. The highest BCUT2D eigenvalue weighted by molar-refractivity contribution is 5.38. The smallest absolute Gasteiger partial charge is 0.241 e. The Morgan fingerprint density at radius 2 is 2.11 bits per heavy atom. The van der Waals surface area contributed by atoms with Crippen LogP contribution in [-0.4, -0.2) is 51.3 Å². The van der Waals surface area contributed by atoms with Crippen LogP contribution in [0.15, 0.2) is 18.7 Å². The summed E-state index contributed by atoms with van der Waals surface area (Å²) >= 11 is 0. The first-order chi connectivity index (χ1) is 9.22. The number of ether oxygens (including phenoxy) is 1. The fourth-order valence-corrected chi connectivity index (χ4v) is 1.55. The van der Waals surface area contributed by atoms with E-state index in [2.05, 4.69) is 30.6 Å². The van der Waals surface area contributed by atoms with Crippen molar-refractivity contribution < 1.29 is 4.74 Å². The van der Waals surface area contributed by atoms with Crippen molar-refractivity contribution in [2.45, 2.75) is 13.0 Å². The molecule has 2 aromatic heterocycles. The van der Waals surface area contributed by atoms with Crippen molar-refractivity contribution in [2.24, 2.45) is 0 Å². The third-order valence-corrected chi connectivity index (χ3v) is 2.37. The van der Waals surface area contributed by atoms with Gasteiger partial charge in [0.05, 0.1) is 6.61 Å². The van der Waals surface area contributed by atoms with E-state index in [0.717, 1.165) is 0 Å². The Morgan fingerprint density at radius 3 is 2.74 bits per heavy atom. The molecule has 2 aromatic rings. The number of anilines is 2. The summed E-state index contributed by atoms with van der Waals surface area (Å²) in [6.07, 6.45) is 5.08. The molecule has 0 bridgehead atoms. The average Bonchev–Trinajstić information content (AvgIpc) is 2.92. The molecule has 19 heavy (non-hydrogen) atoms. The molecular formula is C11H17N7O. The van der Waals surface area contributed by atoms with Gasteiger partial charge in [-0.1, -0.05) is 0 Å². The lowest BCUT2D eigenvalue weighted by Gasteiger charge is -2.13. The normalized spacial score (nSPS) is 12.2. The zero-order valence-electron chi connectivity index (χ0n) is 11.2. The summed E-state index contributed by atoms with van der Waals surface area (Å²) in [6.45, 7) is 2.56. The van der Waals surface area contributed by atoms with Gasteiger partial charge in [0, 0.05) is 32.6 Å². The van der Waals surface area contributed by atoms with E-state index in [1.54, 1.807) is 37.4 Å². The first-order valence-corrected chi connectivity index (χ1v) is 5.90. The maximum absolute atomic E-state index is 5.07. The number of nitrogens with zero attached hydrogens (tertiary/aromatic N) is 5. The molecule has 0 spiro atoms. The SMILES string of the molecule is CNc1nc(NC(C)COC)nc(-n2ccnc2)n1. The van der Waals surface area contributed by atoms with Crippen LogP contribution >= 0.6 is 0 Å². The second-order valence-corrected chi connectivity index (χ2v) is 4.00. The van der Waals surface area contributed by atoms with Gasteiger partial charge in [-0.3, -0.25) is 4.57 Å². The monoisotopic (exact) mass is 263 g/mol. The van der Waals surface area contributed by atoms with Crippen molar-refractivity contribution in [3.05, 3.63) is 18.7 Å². The molecule has 8 heteroatoms. The van der Waals surface area contributed by atoms with E-state index in [0.29, 0.717) is 24.5 Å². The summed E-state index contributed by atoms with van der Waals surface area (Å²) in [6, 6.07) is 0.104. The van der Waals surface area contributed by atoms with Crippen LogP contribution in [0.1, 0.15) is 6.92 Å². The Labute approximate surface area is 111 Å². The highest BCUT2D eigenvalue weighted by Crippen LogP contribution is 2.09. The molecular weight excluding hydrogens is 246 g/mol. The lowest BCUT2D eigenvalue weighted by molar-refractivity contribution is 0.190. The molecule has 102 valence electrons. The van der Waals surface area contributed by atoms with Gasteiger partial charge in [0.1, 0.15) is 6.33 Å². The molecule has 1 atom stereocenters. The first-order valence-electron chi connectivity index (χ1n) is 5.90. The molecule has 0 aliphatic heterocycles. The molecule has 0 radical (unpaired) electrons. The Hall–Kier alpha value is -2.22. The van der Waals surface area contributed by atoms with Gasteiger partial charge in [-0.25, -0.2) is 4.98 Å². The van der Waals surface area contributed by atoms with E-state index in [1.807, 2.05) is 6.92 Å². The van der Waals surface area contributed by atoms with Crippen LogP contribution in [0, 0.1) is 0 Å². The summed E-state index contributed by atoms with van der Waals surface area (Å²) in [5, 5.41) is 6.07. The topological polar surface area (TPSA) is 89.8 Å². The molecule has 0 amide bonds. The third kappa shape index (κ3) is 3.38. The minimum atomic E-state index is 0.104. The first kappa shape index (κ1) is 13.2. The van der Waals surface area contributed by atoms with Crippen molar-refractivity contribution in [1.82, 2.24) is 24.5 Å². The van der Waals surface area contributed by atoms with Gasteiger partial charge in [-0.15, -0.1) is 0 Å². The lowest BCUT2D eigenvalue weighted by atomic mass is 10.4. The van der Waals surface area contributed by atoms with Gasteiger partial charge in [-0.2, -0.15) is 15.0 Å². The quantitative estimate of drug-likeness (QED) is 0.786. The molecule has 8 nitrogen and oxygen atoms in total. The fraction of sp³-hybridized carbons (Fsp3) is 0.455. The summed E-state index contributed by atoms with van der Waals surface area (Å²) < 4.78 is 6.79. The number of methoxy groups -OCH3 is 1. The Kier molecular flexibility index (Phi) is 4.24. The molecule has 0 aromatic carbocycles. The van der Waals surface area contributed by atoms with E-state index in [-0.39, 0.29) is 6.04 Å². The number of hydrogen-bond donors (Lipinski definition) is 2. The summed E-state index contributed by atoms with van der Waals surface area (Å²) in [5.41, 5.74) is 0. The minimum absolute atomic E-state index is 0.104. The fourth-order valence-electron chi connectivity index (χ4n) is 1.55. The number of nitrogens with one attached hydrogen (secondary N) is 2. The number of imidazole rings is 1. The lowest BCUT2D eigenvalue weighted by Crippen LogP contribution is -2.23. The summed E-state index contributed by atoms with van der Waals surface area (Å²) in [7, 11) is 3.41. The van der Waals surface area contributed by atoms with Crippen molar-refractivity contribution in [3.63, 3.8) is 0 Å². The largest absolute Gasteiger partial charge is 0.383 e. The van der Waals surface area contributed by atoms with Gasteiger partial charge < -0.3 is 15.4 Å². The van der Waals surface area contributed by atoms with Crippen LogP contribution in [0.2, 0.25) is 0 Å². The van der Waals surface area contributed by atoms with Crippen molar-refractivity contribution in [1.29, 1.82) is 0 Å². The van der Waals surface area contributed by atoms with Gasteiger partial charge in [-0.05, 0) is 6.92 Å². The van der Waals surface area contributed by atoms with Crippen LogP contribution in [0.5, 0.6) is 0 Å². The van der Waals surface area contributed by atoms with Crippen molar-refractivity contribution >= 4 is 11.9 Å². The predicted octanol–water partition coefficient (Wildman–Crippen LogP) is 0.546. The summed E-state index contributed by atoms with van der Waals surface area (Å²) in [4.78, 5) is 16.8. The van der Waals surface area contributed by atoms with Gasteiger partial charge in [0.25, 0.3) is 0 Å². The Bertz CT molecular complexity index is 514. The number of hydrogen-bond acceptors (Lipinski definition) is 7. The van der Waals surface area contributed by atoms with Crippen LogP contribution < -0.4 is 10.6 Å².